The summed E-state index contributed by atoms with van der Waals surface area (Å²) >= 11 is 5.98. The largest absolute Gasteiger partial charge is 0.342 e. The van der Waals surface area contributed by atoms with E-state index in [-0.39, 0.29) is 11.8 Å². The number of carbonyl (C=O) groups excluding carboxylic acids is 2. The summed E-state index contributed by atoms with van der Waals surface area (Å²) in [5, 5.41) is 3.35. The molecule has 5 nitrogen and oxygen atoms in total. The number of amides is 2. The van der Waals surface area contributed by atoms with E-state index in [2.05, 4.69) is 17.2 Å². The van der Waals surface area contributed by atoms with E-state index in [0.717, 1.165) is 18.4 Å². The Bertz CT molecular complexity index is 777. The first-order chi connectivity index (χ1) is 11.9. The van der Waals surface area contributed by atoms with Gasteiger partial charge in [0.05, 0.1) is 11.1 Å². The number of aromatic nitrogens is 1. The number of carbonyl (C=O) groups is 2. The first kappa shape index (κ1) is 18.9. The molecule has 6 heteroatoms. The molecule has 2 rings (SSSR count). The Morgan fingerprint density at radius 2 is 1.92 bits per heavy atom. The molecular weight excluding hydrogens is 338 g/mol. The molecule has 2 aromatic rings. The van der Waals surface area contributed by atoms with Crippen molar-refractivity contribution in [2.75, 3.05) is 18.9 Å². The Kier molecular flexibility index (Phi) is 6.53. The number of anilines is 1. The number of aryl methyl sites for hydroxylation is 1. The molecule has 0 aliphatic carbocycles. The van der Waals surface area contributed by atoms with Crippen molar-refractivity contribution in [3.63, 3.8) is 0 Å². The van der Waals surface area contributed by atoms with Crippen LogP contribution in [0.4, 0.5) is 5.69 Å². The van der Waals surface area contributed by atoms with Crippen molar-refractivity contribution in [2.24, 2.45) is 0 Å². The Morgan fingerprint density at radius 3 is 2.64 bits per heavy atom. The summed E-state index contributed by atoms with van der Waals surface area (Å²) in [5.41, 5.74) is 2.26. The molecule has 0 aliphatic rings. The van der Waals surface area contributed by atoms with E-state index in [0.29, 0.717) is 28.4 Å². The molecule has 0 aliphatic heterocycles. The molecule has 0 spiro atoms. The van der Waals surface area contributed by atoms with E-state index in [9.17, 15) is 9.59 Å². The van der Waals surface area contributed by atoms with Gasteiger partial charge in [-0.25, -0.2) is 0 Å². The van der Waals surface area contributed by atoms with Crippen LogP contribution in [-0.4, -0.2) is 35.3 Å². The van der Waals surface area contributed by atoms with E-state index in [1.807, 2.05) is 13.0 Å². The van der Waals surface area contributed by atoms with E-state index in [4.69, 9.17) is 11.6 Å². The highest BCUT2D eigenvalue weighted by atomic mass is 35.5. The van der Waals surface area contributed by atoms with Crippen molar-refractivity contribution < 1.29 is 9.59 Å². The number of hydrogen-bond donors (Lipinski definition) is 1. The number of pyridine rings is 1. The molecule has 1 heterocycles. The van der Waals surface area contributed by atoms with Crippen LogP contribution in [0.15, 0.2) is 36.7 Å². The van der Waals surface area contributed by atoms with Crippen molar-refractivity contribution in [1.82, 2.24) is 9.88 Å². The van der Waals surface area contributed by atoms with Crippen LogP contribution in [-0.2, 0) is 0 Å². The van der Waals surface area contributed by atoms with Crippen LogP contribution in [0, 0.1) is 6.92 Å². The Hall–Kier alpha value is -2.40. The van der Waals surface area contributed by atoms with Gasteiger partial charge in [-0.05, 0) is 37.1 Å². The summed E-state index contributed by atoms with van der Waals surface area (Å²) in [4.78, 5) is 30.6. The molecule has 1 aromatic heterocycles. The molecule has 132 valence electrons. The monoisotopic (exact) mass is 359 g/mol. The van der Waals surface area contributed by atoms with Gasteiger partial charge in [0.15, 0.2) is 0 Å². The second-order valence-corrected chi connectivity index (χ2v) is 6.39. The average molecular weight is 360 g/mol. The Balaban J connectivity index is 2.16. The summed E-state index contributed by atoms with van der Waals surface area (Å²) in [6.45, 7) is 4.63. The highest BCUT2D eigenvalue weighted by Crippen LogP contribution is 2.21. The predicted molar refractivity (Wildman–Crippen MR) is 100 cm³/mol. The van der Waals surface area contributed by atoms with E-state index >= 15 is 0 Å². The minimum absolute atomic E-state index is 0.144. The maximum atomic E-state index is 12.5. The van der Waals surface area contributed by atoms with Crippen molar-refractivity contribution in [1.29, 1.82) is 0 Å². The number of nitrogens with one attached hydrogen (secondary N) is 1. The summed E-state index contributed by atoms with van der Waals surface area (Å²) in [5.74, 6) is -0.474. The molecule has 0 fully saturated rings. The lowest BCUT2D eigenvalue weighted by atomic mass is 10.1. The highest BCUT2D eigenvalue weighted by Gasteiger charge is 2.15. The van der Waals surface area contributed by atoms with Gasteiger partial charge in [0, 0.05) is 36.7 Å². The van der Waals surface area contributed by atoms with Gasteiger partial charge in [0.2, 0.25) is 0 Å². The summed E-state index contributed by atoms with van der Waals surface area (Å²) in [6.07, 6.45) is 4.87. The summed E-state index contributed by atoms with van der Waals surface area (Å²) < 4.78 is 0. The molecule has 25 heavy (non-hydrogen) atoms. The minimum atomic E-state index is -0.330. The van der Waals surface area contributed by atoms with Gasteiger partial charge in [-0.2, -0.15) is 0 Å². The number of hydrogen-bond acceptors (Lipinski definition) is 3. The standard InChI is InChI=1S/C19H22ClN3O2/c1-4-5-8-23(3)19(25)15-9-14(11-21-12-15)18(24)22-17-10-16(20)7-6-13(17)2/h6-7,9-12H,4-5,8H2,1-3H3,(H,22,24). The maximum absolute atomic E-state index is 12.5. The molecule has 0 saturated heterocycles. The predicted octanol–water partition coefficient (Wildman–Crippen LogP) is 4.17. The van der Waals surface area contributed by atoms with Crippen molar-refractivity contribution in [2.45, 2.75) is 26.7 Å². The molecule has 0 atom stereocenters. The molecule has 0 radical (unpaired) electrons. The first-order valence-corrected chi connectivity index (χ1v) is 8.58. The maximum Gasteiger partial charge on any atom is 0.257 e. The van der Waals surface area contributed by atoms with E-state index in [1.165, 1.54) is 12.4 Å². The topological polar surface area (TPSA) is 62.3 Å². The van der Waals surface area contributed by atoms with Gasteiger partial charge in [0.25, 0.3) is 11.8 Å². The highest BCUT2D eigenvalue weighted by molar-refractivity contribution is 6.31. The lowest BCUT2D eigenvalue weighted by Gasteiger charge is -2.17. The van der Waals surface area contributed by atoms with Crippen LogP contribution >= 0.6 is 11.6 Å². The third-order valence-corrected chi connectivity index (χ3v) is 4.12. The van der Waals surface area contributed by atoms with Crippen LogP contribution < -0.4 is 5.32 Å². The van der Waals surface area contributed by atoms with Gasteiger partial charge in [-0.3, -0.25) is 14.6 Å². The zero-order chi connectivity index (χ0) is 18.4. The molecular formula is C19H22ClN3O2. The lowest BCUT2D eigenvalue weighted by molar-refractivity contribution is 0.0793. The van der Waals surface area contributed by atoms with Crippen molar-refractivity contribution in [3.05, 3.63) is 58.4 Å². The SMILES string of the molecule is CCCCN(C)C(=O)c1cncc(C(=O)Nc2cc(Cl)ccc2C)c1. The molecule has 0 saturated carbocycles. The fourth-order valence-electron chi connectivity index (χ4n) is 2.32. The Morgan fingerprint density at radius 1 is 1.20 bits per heavy atom. The molecule has 1 aromatic carbocycles. The Labute approximate surface area is 153 Å². The minimum Gasteiger partial charge on any atom is -0.342 e. The number of unbranched alkanes of at least 4 members (excludes halogenated alkanes) is 1. The lowest BCUT2D eigenvalue weighted by Crippen LogP contribution is -2.28. The van der Waals surface area contributed by atoms with Gasteiger partial charge < -0.3 is 10.2 Å². The van der Waals surface area contributed by atoms with Gasteiger partial charge in [-0.15, -0.1) is 0 Å². The number of rotatable bonds is 6. The zero-order valence-corrected chi connectivity index (χ0v) is 15.4. The van der Waals surface area contributed by atoms with Crippen LogP contribution in [0.5, 0.6) is 0 Å². The second kappa shape index (κ2) is 8.62. The number of nitrogens with zero attached hydrogens (tertiary/aromatic N) is 2. The zero-order valence-electron chi connectivity index (χ0n) is 14.7. The van der Waals surface area contributed by atoms with Crippen LogP contribution in [0.2, 0.25) is 5.02 Å². The fourth-order valence-corrected chi connectivity index (χ4v) is 2.49. The van der Waals surface area contributed by atoms with Crippen molar-refractivity contribution in [3.8, 4) is 0 Å². The molecule has 1 N–H and O–H groups in total. The quantitative estimate of drug-likeness (QED) is 0.842. The molecule has 2 amide bonds. The van der Waals surface area contributed by atoms with E-state index < -0.39 is 0 Å². The summed E-state index contributed by atoms with van der Waals surface area (Å²) in [6, 6.07) is 6.85. The number of halogens is 1. The first-order valence-electron chi connectivity index (χ1n) is 8.20. The fraction of sp³-hybridized carbons (Fsp3) is 0.316. The molecule has 0 bridgehead atoms. The smallest absolute Gasteiger partial charge is 0.257 e. The number of benzene rings is 1. The normalized spacial score (nSPS) is 10.4. The average Bonchev–Trinajstić information content (AvgIpc) is 2.62. The third-order valence-electron chi connectivity index (χ3n) is 3.89. The van der Waals surface area contributed by atoms with Crippen molar-refractivity contribution >= 4 is 29.1 Å². The van der Waals surface area contributed by atoms with Gasteiger partial charge in [-0.1, -0.05) is 31.0 Å². The molecule has 0 unspecified atom stereocenters. The van der Waals surface area contributed by atoms with Gasteiger partial charge >= 0.3 is 0 Å². The third kappa shape index (κ3) is 5.03. The van der Waals surface area contributed by atoms with Gasteiger partial charge in [0.1, 0.15) is 0 Å². The second-order valence-electron chi connectivity index (χ2n) is 5.96. The van der Waals surface area contributed by atoms with Crippen LogP contribution in [0.1, 0.15) is 46.0 Å². The van der Waals surface area contributed by atoms with Crippen LogP contribution in [0.3, 0.4) is 0 Å². The van der Waals surface area contributed by atoms with E-state index in [1.54, 1.807) is 30.1 Å². The summed E-state index contributed by atoms with van der Waals surface area (Å²) in [7, 11) is 1.75. The van der Waals surface area contributed by atoms with Crippen LogP contribution in [0.25, 0.3) is 0 Å².